The molecule has 0 N–H and O–H groups in total. The van der Waals surface area contributed by atoms with Crippen molar-refractivity contribution in [3.05, 3.63) is 60.8 Å². The van der Waals surface area contributed by atoms with Crippen LogP contribution >= 0.6 is 7.82 Å². The number of phosphoric ester groups is 1. The molecule has 356 valence electrons. The summed E-state index contributed by atoms with van der Waals surface area (Å²) in [5, 5.41) is 0. The molecule has 8 nitrogen and oxygen atoms in total. The minimum Gasteiger partial charge on any atom is -0.756 e. The van der Waals surface area contributed by atoms with E-state index in [9.17, 15) is 14.3 Å². The van der Waals surface area contributed by atoms with Crippen LogP contribution in [-0.4, -0.2) is 70.7 Å². The molecule has 0 rings (SSSR count). The normalized spacial score (nSPS) is 14.1. The van der Waals surface area contributed by atoms with Gasteiger partial charge in [0.05, 0.1) is 34.4 Å². The number of hydrogen-bond acceptors (Lipinski definition) is 7. The number of likely N-dealkylation sites (N-methyl/N-ethyl adjacent to an activating group) is 1. The average molecular weight is 878 g/mol. The van der Waals surface area contributed by atoms with Gasteiger partial charge in [0.15, 0.2) is 0 Å². The zero-order chi connectivity index (χ0) is 44.8. The molecule has 0 saturated heterocycles. The first kappa shape index (κ1) is 59.2. The lowest BCUT2D eigenvalue weighted by atomic mass is 10.0. The van der Waals surface area contributed by atoms with E-state index in [2.05, 4.69) is 74.6 Å². The van der Waals surface area contributed by atoms with Gasteiger partial charge in [-0.1, -0.05) is 184 Å². The summed E-state index contributed by atoms with van der Waals surface area (Å²) < 4.78 is 34.7. The highest BCUT2D eigenvalue weighted by Crippen LogP contribution is 2.38. The number of rotatable bonds is 46. The molecule has 0 amide bonds. The molecule has 0 fully saturated rings. The highest BCUT2D eigenvalue weighted by molar-refractivity contribution is 7.45. The molecule has 0 aliphatic carbocycles. The fraction of sp³-hybridized carbons (Fsp3) is 0.788. The second-order valence-corrected chi connectivity index (χ2v) is 19.2. The molecule has 2 atom stereocenters. The van der Waals surface area contributed by atoms with Gasteiger partial charge < -0.3 is 27.9 Å². The van der Waals surface area contributed by atoms with Crippen molar-refractivity contribution in [1.29, 1.82) is 0 Å². The first-order valence-electron chi connectivity index (χ1n) is 25.0. The molecule has 61 heavy (non-hydrogen) atoms. The lowest BCUT2D eigenvalue weighted by Crippen LogP contribution is -2.37. The number of quaternary nitrogens is 1. The van der Waals surface area contributed by atoms with Crippen LogP contribution in [0.1, 0.15) is 206 Å². The Labute approximate surface area is 377 Å². The Morgan fingerprint density at radius 2 is 0.951 bits per heavy atom. The van der Waals surface area contributed by atoms with Crippen LogP contribution in [0.4, 0.5) is 0 Å². The average Bonchev–Trinajstić information content (AvgIpc) is 3.22. The highest BCUT2D eigenvalue weighted by Gasteiger charge is 2.20. The number of hydrogen-bond donors (Lipinski definition) is 0. The van der Waals surface area contributed by atoms with Gasteiger partial charge in [-0.05, 0) is 77.0 Å². The van der Waals surface area contributed by atoms with E-state index in [1.54, 1.807) is 0 Å². The standard InChI is InChI=1S/C52H96NO7P/c1-6-8-10-12-14-16-18-20-21-22-23-24-25-26-27-28-29-30-31-32-34-36-38-40-42-44-47-57-49-51(50-59-61(55,56)58-48-46-53(3,4)5)60-52(54)45-43-41-39-37-35-33-19-17-15-13-11-9-7-2/h8,10,14,16-17,19-21,23-24,51H,6-7,9,11-13,15,18,22,25-50H2,1-5H3/b10-8-,16-14-,19-17-,21-20-,24-23-. The highest BCUT2D eigenvalue weighted by atomic mass is 31.2. The van der Waals surface area contributed by atoms with Gasteiger partial charge in [0.2, 0.25) is 0 Å². The van der Waals surface area contributed by atoms with Gasteiger partial charge in [0.25, 0.3) is 7.82 Å². The minimum atomic E-state index is -4.53. The lowest BCUT2D eigenvalue weighted by molar-refractivity contribution is -0.870. The number of esters is 1. The monoisotopic (exact) mass is 878 g/mol. The summed E-state index contributed by atoms with van der Waals surface area (Å²) in [5.74, 6) is -0.344. The maximum atomic E-state index is 12.7. The number of ether oxygens (including phenoxy) is 2. The number of carbonyl (C=O) groups is 1. The summed E-state index contributed by atoms with van der Waals surface area (Å²) in [6.07, 6.45) is 56.8. The predicted molar refractivity (Wildman–Crippen MR) is 259 cm³/mol. The van der Waals surface area contributed by atoms with Gasteiger partial charge in [0, 0.05) is 13.0 Å². The molecule has 2 unspecified atom stereocenters. The second kappa shape index (κ2) is 44.8. The van der Waals surface area contributed by atoms with Gasteiger partial charge >= 0.3 is 5.97 Å². The van der Waals surface area contributed by atoms with E-state index in [4.69, 9.17) is 18.5 Å². The fourth-order valence-corrected chi connectivity index (χ4v) is 7.44. The first-order chi connectivity index (χ1) is 29.6. The molecule has 9 heteroatoms. The Kier molecular flexibility index (Phi) is 43.5. The minimum absolute atomic E-state index is 0.0230. The third-order valence-electron chi connectivity index (χ3n) is 10.6. The van der Waals surface area contributed by atoms with E-state index < -0.39 is 13.9 Å². The molecule has 0 saturated carbocycles. The van der Waals surface area contributed by atoms with Crippen LogP contribution in [-0.2, 0) is 27.9 Å². The lowest BCUT2D eigenvalue weighted by Gasteiger charge is -2.28. The Morgan fingerprint density at radius 3 is 1.44 bits per heavy atom. The van der Waals surface area contributed by atoms with E-state index >= 15 is 0 Å². The van der Waals surface area contributed by atoms with Crippen molar-refractivity contribution >= 4 is 13.8 Å². The molecule has 0 spiro atoms. The smallest absolute Gasteiger partial charge is 0.306 e. The van der Waals surface area contributed by atoms with E-state index in [0.717, 1.165) is 70.6 Å². The van der Waals surface area contributed by atoms with E-state index in [0.29, 0.717) is 24.1 Å². The molecular weight excluding hydrogens is 782 g/mol. The Bertz CT molecular complexity index is 1160. The molecule has 0 aromatic heterocycles. The maximum absolute atomic E-state index is 12.7. The Hall–Kier alpha value is -1.80. The van der Waals surface area contributed by atoms with Crippen molar-refractivity contribution in [1.82, 2.24) is 0 Å². The summed E-state index contributed by atoms with van der Waals surface area (Å²) in [7, 11) is 1.35. The summed E-state index contributed by atoms with van der Waals surface area (Å²) in [6.45, 7) is 5.28. The van der Waals surface area contributed by atoms with Crippen molar-refractivity contribution < 1.29 is 37.3 Å². The van der Waals surface area contributed by atoms with Gasteiger partial charge in [-0.25, -0.2) is 0 Å². The molecule has 0 radical (unpaired) electrons. The van der Waals surface area contributed by atoms with Crippen molar-refractivity contribution in [2.75, 3.05) is 54.1 Å². The fourth-order valence-electron chi connectivity index (χ4n) is 6.71. The van der Waals surface area contributed by atoms with Crippen LogP contribution in [0, 0.1) is 0 Å². The van der Waals surface area contributed by atoms with E-state index in [-0.39, 0.29) is 25.8 Å². The number of carbonyl (C=O) groups excluding carboxylic acids is 1. The van der Waals surface area contributed by atoms with Crippen LogP contribution in [0.5, 0.6) is 0 Å². The molecule has 0 aromatic carbocycles. The molecular formula is C52H96NO7P. The number of allylic oxidation sites excluding steroid dienone is 10. The summed E-state index contributed by atoms with van der Waals surface area (Å²) in [5.41, 5.74) is 0. The first-order valence-corrected chi connectivity index (χ1v) is 26.5. The maximum Gasteiger partial charge on any atom is 0.306 e. The summed E-state index contributed by atoms with van der Waals surface area (Å²) in [4.78, 5) is 25.1. The van der Waals surface area contributed by atoms with Crippen molar-refractivity contribution in [2.45, 2.75) is 213 Å². The molecule has 0 aliphatic rings. The van der Waals surface area contributed by atoms with Crippen LogP contribution in [0.15, 0.2) is 60.8 Å². The zero-order valence-electron chi connectivity index (χ0n) is 40.4. The van der Waals surface area contributed by atoms with Crippen molar-refractivity contribution in [3.63, 3.8) is 0 Å². The molecule has 0 aromatic rings. The van der Waals surface area contributed by atoms with Gasteiger partial charge in [-0.3, -0.25) is 9.36 Å². The van der Waals surface area contributed by atoms with Crippen molar-refractivity contribution in [3.8, 4) is 0 Å². The third-order valence-corrected chi connectivity index (χ3v) is 11.5. The Balaban J connectivity index is 4.07. The number of unbranched alkanes of at least 4 members (excludes halogenated alkanes) is 22. The Morgan fingerprint density at radius 1 is 0.525 bits per heavy atom. The number of phosphoric acid groups is 1. The largest absolute Gasteiger partial charge is 0.756 e. The molecule has 0 aliphatic heterocycles. The quantitative estimate of drug-likeness (QED) is 0.0198. The van der Waals surface area contributed by atoms with E-state index in [1.807, 2.05) is 21.1 Å². The topological polar surface area (TPSA) is 94.1 Å². The zero-order valence-corrected chi connectivity index (χ0v) is 41.2. The predicted octanol–water partition coefficient (Wildman–Crippen LogP) is 14.6. The third kappa shape index (κ3) is 49.1. The summed E-state index contributed by atoms with van der Waals surface area (Å²) in [6, 6.07) is 0. The van der Waals surface area contributed by atoms with Crippen LogP contribution in [0.25, 0.3) is 0 Å². The second-order valence-electron chi connectivity index (χ2n) is 17.8. The molecule has 0 heterocycles. The number of nitrogens with zero attached hydrogens (tertiary/aromatic N) is 1. The van der Waals surface area contributed by atoms with Crippen molar-refractivity contribution in [2.24, 2.45) is 0 Å². The van der Waals surface area contributed by atoms with Gasteiger partial charge in [0.1, 0.15) is 19.3 Å². The van der Waals surface area contributed by atoms with Crippen LogP contribution in [0.2, 0.25) is 0 Å². The van der Waals surface area contributed by atoms with Crippen LogP contribution in [0.3, 0.4) is 0 Å². The van der Waals surface area contributed by atoms with Gasteiger partial charge in [-0.15, -0.1) is 0 Å². The molecule has 0 bridgehead atoms. The summed E-state index contributed by atoms with van der Waals surface area (Å²) >= 11 is 0. The van der Waals surface area contributed by atoms with E-state index in [1.165, 1.54) is 116 Å². The SMILES string of the molecule is CC/C=C\C/C=C\C/C=C\C/C=C\CCCCCCCCCCCCCCCOCC(COP(=O)([O-])OCC[N+](C)(C)C)OC(=O)CCCCCCC/C=C\CCCCCC. The van der Waals surface area contributed by atoms with Gasteiger partial charge in [-0.2, -0.15) is 0 Å². The van der Waals surface area contributed by atoms with Crippen LogP contribution < -0.4 is 4.89 Å².